The standard InChI is InChI=1S/C19H25NO5/c1-19(18(23)24-4,14-6-5-7-16(21)12-14)25-17(22)13-8-10-15(11-9-13)20(2)3/h8-11,14H,5-7,12H2,1-4H3/t14-,19?/m0/s1. The molecule has 0 N–H and O–H groups in total. The van der Waals surface area contributed by atoms with E-state index in [2.05, 4.69) is 0 Å². The molecule has 0 aromatic heterocycles. The van der Waals surface area contributed by atoms with Gasteiger partial charge in [0, 0.05) is 38.5 Å². The molecule has 1 aliphatic rings. The van der Waals surface area contributed by atoms with Crippen molar-refractivity contribution in [2.24, 2.45) is 5.92 Å². The number of ether oxygens (including phenoxy) is 2. The van der Waals surface area contributed by atoms with Gasteiger partial charge in [0.15, 0.2) is 0 Å². The molecule has 1 saturated carbocycles. The zero-order valence-corrected chi connectivity index (χ0v) is 15.2. The van der Waals surface area contributed by atoms with Crippen molar-refractivity contribution in [2.45, 2.75) is 38.2 Å². The Morgan fingerprint density at radius 2 is 1.84 bits per heavy atom. The molecule has 6 heteroatoms. The van der Waals surface area contributed by atoms with Crippen molar-refractivity contribution in [3.05, 3.63) is 29.8 Å². The van der Waals surface area contributed by atoms with Crippen molar-refractivity contribution >= 4 is 23.4 Å². The van der Waals surface area contributed by atoms with Crippen LogP contribution in [-0.2, 0) is 19.1 Å². The Labute approximate surface area is 148 Å². The summed E-state index contributed by atoms with van der Waals surface area (Å²) in [7, 11) is 5.06. The summed E-state index contributed by atoms with van der Waals surface area (Å²) in [5.41, 5.74) is -0.171. The minimum absolute atomic E-state index is 0.0813. The Morgan fingerprint density at radius 3 is 2.36 bits per heavy atom. The lowest BCUT2D eigenvalue weighted by Gasteiger charge is -2.36. The molecule has 0 heterocycles. The number of esters is 2. The van der Waals surface area contributed by atoms with Gasteiger partial charge in [0.2, 0.25) is 5.60 Å². The fourth-order valence-electron chi connectivity index (χ4n) is 3.14. The van der Waals surface area contributed by atoms with Crippen LogP contribution in [0.4, 0.5) is 5.69 Å². The number of ketones is 1. The van der Waals surface area contributed by atoms with Gasteiger partial charge in [-0.05, 0) is 44.0 Å². The van der Waals surface area contributed by atoms with Crippen molar-refractivity contribution in [1.82, 2.24) is 0 Å². The average molecular weight is 347 g/mol. The molecule has 2 atom stereocenters. The minimum Gasteiger partial charge on any atom is -0.466 e. The predicted molar refractivity (Wildman–Crippen MR) is 93.6 cm³/mol. The highest BCUT2D eigenvalue weighted by molar-refractivity contribution is 5.93. The quantitative estimate of drug-likeness (QED) is 0.763. The Morgan fingerprint density at radius 1 is 1.20 bits per heavy atom. The Kier molecular flexibility index (Phi) is 5.82. The monoisotopic (exact) mass is 347 g/mol. The van der Waals surface area contributed by atoms with Crippen molar-refractivity contribution in [1.29, 1.82) is 0 Å². The van der Waals surface area contributed by atoms with Crippen LogP contribution in [0.1, 0.15) is 43.0 Å². The summed E-state index contributed by atoms with van der Waals surface area (Å²) in [5.74, 6) is -1.52. The second kappa shape index (κ2) is 7.68. The summed E-state index contributed by atoms with van der Waals surface area (Å²) >= 11 is 0. The Bertz CT molecular complexity index is 652. The van der Waals surface area contributed by atoms with E-state index in [9.17, 15) is 14.4 Å². The Balaban J connectivity index is 2.22. The van der Waals surface area contributed by atoms with E-state index in [4.69, 9.17) is 9.47 Å². The topological polar surface area (TPSA) is 72.9 Å². The number of rotatable bonds is 5. The molecule has 25 heavy (non-hydrogen) atoms. The van der Waals surface area contributed by atoms with Crippen LogP contribution in [0.5, 0.6) is 0 Å². The van der Waals surface area contributed by atoms with E-state index in [-0.39, 0.29) is 18.1 Å². The highest BCUT2D eigenvalue weighted by atomic mass is 16.6. The van der Waals surface area contributed by atoms with Crippen LogP contribution in [0.2, 0.25) is 0 Å². The number of hydrogen-bond acceptors (Lipinski definition) is 6. The summed E-state index contributed by atoms with van der Waals surface area (Å²) < 4.78 is 10.4. The first-order chi connectivity index (χ1) is 11.8. The van der Waals surface area contributed by atoms with E-state index in [1.165, 1.54) is 14.0 Å². The molecule has 0 spiro atoms. The molecule has 1 aromatic carbocycles. The molecule has 0 bridgehead atoms. The van der Waals surface area contributed by atoms with Gasteiger partial charge in [0.1, 0.15) is 5.78 Å². The molecular formula is C19H25NO5. The molecule has 2 rings (SSSR count). The van der Waals surface area contributed by atoms with Crippen molar-refractivity contribution in [3.8, 4) is 0 Å². The fraction of sp³-hybridized carbons (Fsp3) is 0.526. The number of benzene rings is 1. The summed E-state index contributed by atoms with van der Waals surface area (Å²) in [5, 5.41) is 0. The van der Waals surface area contributed by atoms with E-state index in [1.807, 2.05) is 19.0 Å². The van der Waals surface area contributed by atoms with Crippen LogP contribution >= 0.6 is 0 Å². The van der Waals surface area contributed by atoms with Gasteiger partial charge in [-0.2, -0.15) is 0 Å². The van der Waals surface area contributed by atoms with Gasteiger partial charge in [-0.1, -0.05) is 0 Å². The van der Waals surface area contributed by atoms with Gasteiger partial charge in [-0.3, -0.25) is 4.79 Å². The Hall–Kier alpha value is -2.37. The smallest absolute Gasteiger partial charge is 0.350 e. The first-order valence-electron chi connectivity index (χ1n) is 8.38. The molecule has 1 aromatic rings. The van der Waals surface area contributed by atoms with Crippen LogP contribution in [0.25, 0.3) is 0 Å². The SMILES string of the molecule is COC(=O)C(C)(OC(=O)c1ccc(N(C)C)cc1)[C@H]1CCCC(=O)C1. The number of hydrogen-bond donors (Lipinski definition) is 0. The van der Waals surface area contributed by atoms with E-state index < -0.39 is 17.5 Å². The molecule has 136 valence electrons. The molecule has 1 aliphatic carbocycles. The lowest BCUT2D eigenvalue weighted by Crippen LogP contribution is -2.49. The molecule has 1 fully saturated rings. The van der Waals surface area contributed by atoms with E-state index in [0.717, 1.165) is 5.69 Å². The van der Waals surface area contributed by atoms with Gasteiger partial charge >= 0.3 is 11.9 Å². The second-order valence-corrected chi connectivity index (χ2v) is 6.76. The van der Waals surface area contributed by atoms with Gasteiger partial charge in [-0.25, -0.2) is 9.59 Å². The molecule has 0 radical (unpaired) electrons. The number of Topliss-reactive ketones (excluding diaryl/α,β-unsaturated/α-hetero) is 1. The van der Waals surface area contributed by atoms with E-state index in [1.54, 1.807) is 24.3 Å². The van der Waals surface area contributed by atoms with Crippen LogP contribution in [0.3, 0.4) is 0 Å². The zero-order chi connectivity index (χ0) is 18.6. The van der Waals surface area contributed by atoms with Gasteiger partial charge < -0.3 is 14.4 Å². The number of carbonyl (C=O) groups is 3. The predicted octanol–water partition coefficient (Wildman–Crippen LogP) is 2.60. The highest BCUT2D eigenvalue weighted by Gasteiger charge is 2.47. The summed E-state index contributed by atoms with van der Waals surface area (Å²) in [6, 6.07) is 6.91. The van der Waals surface area contributed by atoms with Gasteiger partial charge in [-0.15, -0.1) is 0 Å². The van der Waals surface area contributed by atoms with E-state index in [0.29, 0.717) is 24.8 Å². The highest BCUT2D eigenvalue weighted by Crippen LogP contribution is 2.35. The van der Waals surface area contributed by atoms with E-state index >= 15 is 0 Å². The third-order valence-electron chi connectivity index (χ3n) is 4.78. The van der Waals surface area contributed by atoms with Crippen LogP contribution in [0, 0.1) is 5.92 Å². The normalized spacial score (nSPS) is 19.7. The number of nitrogens with zero attached hydrogens (tertiary/aromatic N) is 1. The first kappa shape index (κ1) is 19.0. The molecule has 0 saturated heterocycles. The van der Waals surface area contributed by atoms with Gasteiger partial charge in [0.05, 0.1) is 12.7 Å². The summed E-state index contributed by atoms with van der Waals surface area (Å²) in [6.07, 6.45) is 2.06. The van der Waals surface area contributed by atoms with Crippen molar-refractivity contribution in [3.63, 3.8) is 0 Å². The first-order valence-corrected chi connectivity index (χ1v) is 8.38. The molecule has 0 amide bonds. The molecule has 6 nitrogen and oxygen atoms in total. The van der Waals surface area contributed by atoms with Crippen LogP contribution in [-0.4, -0.2) is 44.5 Å². The third kappa shape index (κ3) is 4.18. The molecule has 0 aliphatic heterocycles. The maximum Gasteiger partial charge on any atom is 0.350 e. The van der Waals surface area contributed by atoms with Crippen molar-refractivity contribution < 1.29 is 23.9 Å². The average Bonchev–Trinajstić information content (AvgIpc) is 2.60. The maximum atomic E-state index is 12.6. The van der Waals surface area contributed by atoms with Gasteiger partial charge in [0.25, 0.3) is 0 Å². The molecule has 1 unspecified atom stereocenters. The fourth-order valence-corrected chi connectivity index (χ4v) is 3.14. The molecular weight excluding hydrogens is 322 g/mol. The lowest BCUT2D eigenvalue weighted by atomic mass is 9.77. The minimum atomic E-state index is -1.47. The summed E-state index contributed by atoms with van der Waals surface area (Å²) in [6.45, 7) is 1.54. The second-order valence-electron chi connectivity index (χ2n) is 6.76. The lowest BCUT2D eigenvalue weighted by molar-refractivity contribution is -0.169. The van der Waals surface area contributed by atoms with Crippen molar-refractivity contribution in [2.75, 3.05) is 26.1 Å². The summed E-state index contributed by atoms with van der Waals surface area (Å²) in [4.78, 5) is 38.6. The van der Waals surface area contributed by atoms with Crippen LogP contribution in [0.15, 0.2) is 24.3 Å². The largest absolute Gasteiger partial charge is 0.466 e. The third-order valence-corrected chi connectivity index (χ3v) is 4.78. The number of carbonyl (C=O) groups excluding carboxylic acids is 3. The number of anilines is 1. The zero-order valence-electron chi connectivity index (χ0n) is 15.2. The van der Waals surface area contributed by atoms with Crippen LogP contribution < -0.4 is 4.90 Å². The number of methoxy groups -OCH3 is 1. The maximum absolute atomic E-state index is 12.6.